The molecule has 0 radical (unpaired) electrons. The highest BCUT2D eigenvalue weighted by Crippen LogP contribution is 2.33. The highest BCUT2D eigenvalue weighted by atomic mass is 19.1. The molecule has 1 aromatic carbocycles. The molecule has 0 aliphatic carbocycles. The molecule has 1 atom stereocenters. The quantitative estimate of drug-likeness (QED) is 0.921. The molecule has 5 nitrogen and oxygen atoms in total. The van der Waals surface area contributed by atoms with Crippen LogP contribution in [0.1, 0.15) is 30.2 Å². The van der Waals surface area contributed by atoms with Crippen LogP contribution in [-0.2, 0) is 4.74 Å². The maximum atomic E-state index is 13.9. The molecule has 1 aliphatic heterocycles. The SMILES string of the molecule is N#Cc1c([C@@H]2CCCO2)nn(-c2cc(F)ccc2F)c1N. The van der Waals surface area contributed by atoms with Crippen molar-refractivity contribution in [3.05, 3.63) is 41.1 Å². The number of benzene rings is 1. The van der Waals surface area contributed by atoms with Gasteiger partial charge in [-0.2, -0.15) is 10.4 Å². The van der Waals surface area contributed by atoms with Crippen LogP contribution in [-0.4, -0.2) is 16.4 Å². The Balaban J connectivity index is 2.15. The van der Waals surface area contributed by atoms with E-state index in [9.17, 15) is 14.0 Å². The normalized spacial score (nSPS) is 17.9. The molecule has 1 saturated heterocycles. The molecule has 0 spiro atoms. The van der Waals surface area contributed by atoms with Crippen molar-refractivity contribution in [2.45, 2.75) is 18.9 Å². The summed E-state index contributed by atoms with van der Waals surface area (Å²) < 4.78 is 33.7. The fraction of sp³-hybridized carbons (Fsp3) is 0.286. The Bertz CT molecular complexity index is 729. The molecule has 7 heteroatoms. The summed E-state index contributed by atoms with van der Waals surface area (Å²) in [6, 6.07) is 4.94. The molecule has 1 aliphatic rings. The minimum Gasteiger partial charge on any atom is -0.382 e. The monoisotopic (exact) mass is 290 g/mol. The van der Waals surface area contributed by atoms with Gasteiger partial charge in [0.15, 0.2) is 0 Å². The first-order chi connectivity index (χ1) is 10.1. The second kappa shape index (κ2) is 5.14. The van der Waals surface area contributed by atoms with Gasteiger partial charge in [-0.05, 0) is 25.0 Å². The summed E-state index contributed by atoms with van der Waals surface area (Å²) in [6.07, 6.45) is 1.24. The van der Waals surface area contributed by atoms with Gasteiger partial charge in [-0.1, -0.05) is 0 Å². The lowest BCUT2D eigenvalue weighted by molar-refractivity contribution is 0.108. The van der Waals surface area contributed by atoms with Crippen molar-refractivity contribution >= 4 is 5.82 Å². The van der Waals surface area contributed by atoms with Crippen LogP contribution in [0.2, 0.25) is 0 Å². The fourth-order valence-corrected chi connectivity index (χ4v) is 2.41. The number of halogens is 2. The maximum absolute atomic E-state index is 13.9. The molecule has 2 aromatic rings. The van der Waals surface area contributed by atoms with E-state index in [0.717, 1.165) is 35.7 Å². The van der Waals surface area contributed by atoms with E-state index in [4.69, 9.17) is 10.5 Å². The third kappa shape index (κ3) is 2.23. The van der Waals surface area contributed by atoms with Crippen LogP contribution in [0, 0.1) is 23.0 Å². The third-order valence-corrected chi connectivity index (χ3v) is 3.43. The van der Waals surface area contributed by atoms with Crippen molar-refractivity contribution in [3.8, 4) is 11.8 Å². The second-order valence-electron chi connectivity index (χ2n) is 4.77. The zero-order valence-electron chi connectivity index (χ0n) is 11.0. The van der Waals surface area contributed by atoms with E-state index < -0.39 is 11.6 Å². The summed E-state index contributed by atoms with van der Waals surface area (Å²) in [5.41, 5.74) is 6.25. The number of hydrogen-bond donors (Lipinski definition) is 1. The average Bonchev–Trinajstić information content (AvgIpc) is 3.09. The van der Waals surface area contributed by atoms with Crippen molar-refractivity contribution < 1.29 is 13.5 Å². The van der Waals surface area contributed by atoms with Gasteiger partial charge in [-0.15, -0.1) is 0 Å². The highest BCUT2D eigenvalue weighted by Gasteiger charge is 2.28. The molecule has 0 bridgehead atoms. The van der Waals surface area contributed by atoms with Crippen LogP contribution in [0.15, 0.2) is 18.2 Å². The van der Waals surface area contributed by atoms with Gasteiger partial charge in [0, 0.05) is 12.7 Å². The molecule has 3 rings (SSSR count). The summed E-state index contributed by atoms with van der Waals surface area (Å²) in [4.78, 5) is 0. The highest BCUT2D eigenvalue weighted by molar-refractivity contribution is 5.57. The van der Waals surface area contributed by atoms with Gasteiger partial charge in [-0.25, -0.2) is 13.5 Å². The second-order valence-corrected chi connectivity index (χ2v) is 4.77. The smallest absolute Gasteiger partial charge is 0.149 e. The van der Waals surface area contributed by atoms with E-state index in [0.29, 0.717) is 12.3 Å². The molecule has 1 aromatic heterocycles. The van der Waals surface area contributed by atoms with Crippen molar-refractivity contribution in [3.63, 3.8) is 0 Å². The van der Waals surface area contributed by atoms with Gasteiger partial charge < -0.3 is 10.5 Å². The number of nitrogens with two attached hydrogens (primary N) is 1. The van der Waals surface area contributed by atoms with Gasteiger partial charge in [0.2, 0.25) is 0 Å². The molecule has 2 N–H and O–H groups in total. The van der Waals surface area contributed by atoms with Gasteiger partial charge in [0.1, 0.15) is 46.6 Å². The van der Waals surface area contributed by atoms with Gasteiger partial charge >= 0.3 is 0 Å². The molecular weight excluding hydrogens is 278 g/mol. The van der Waals surface area contributed by atoms with E-state index in [1.54, 1.807) is 0 Å². The lowest BCUT2D eigenvalue weighted by Crippen LogP contribution is -2.05. The minimum atomic E-state index is -0.672. The summed E-state index contributed by atoms with van der Waals surface area (Å²) in [7, 11) is 0. The molecule has 0 unspecified atom stereocenters. The minimum absolute atomic E-state index is 0.0208. The number of hydrogen-bond acceptors (Lipinski definition) is 4. The number of nitrogen functional groups attached to an aromatic ring is 1. The topological polar surface area (TPSA) is 76.9 Å². The van der Waals surface area contributed by atoms with Crippen molar-refractivity contribution in [1.82, 2.24) is 9.78 Å². The van der Waals surface area contributed by atoms with E-state index >= 15 is 0 Å². The maximum Gasteiger partial charge on any atom is 0.149 e. The first-order valence-electron chi connectivity index (χ1n) is 6.47. The Hall–Kier alpha value is -2.46. The van der Waals surface area contributed by atoms with Crippen LogP contribution in [0.3, 0.4) is 0 Å². The van der Waals surface area contributed by atoms with Crippen molar-refractivity contribution in [2.75, 3.05) is 12.3 Å². The van der Waals surface area contributed by atoms with Crippen LogP contribution in [0.4, 0.5) is 14.6 Å². The lowest BCUT2D eigenvalue weighted by atomic mass is 10.1. The van der Waals surface area contributed by atoms with Crippen LogP contribution in [0.5, 0.6) is 0 Å². The fourth-order valence-electron chi connectivity index (χ4n) is 2.41. The summed E-state index contributed by atoms with van der Waals surface area (Å²) >= 11 is 0. The Kier molecular flexibility index (Phi) is 3.31. The standard InChI is InChI=1S/C14H12F2N4O/c15-8-3-4-10(16)11(6-8)20-14(18)9(7-17)13(19-20)12-2-1-5-21-12/h3-4,6,12H,1-2,5,18H2/t12-/m0/s1. The van der Waals surface area contributed by atoms with Crippen molar-refractivity contribution in [1.29, 1.82) is 5.26 Å². The van der Waals surface area contributed by atoms with E-state index in [1.807, 2.05) is 6.07 Å². The van der Waals surface area contributed by atoms with Gasteiger partial charge in [0.05, 0.1) is 0 Å². The number of nitrogens with zero attached hydrogens (tertiary/aromatic N) is 3. The Morgan fingerprint density at radius 3 is 2.90 bits per heavy atom. The number of nitriles is 1. The summed E-state index contributed by atoms with van der Waals surface area (Å²) in [5.74, 6) is -1.31. The van der Waals surface area contributed by atoms with E-state index in [1.165, 1.54) is 0 Å². The molecular formula is C14H12F2N4O. The van der Waals surface area contributed by atoms with Crippen molar-refractivity contribution in [2.24, 2.45) is 0 Å². The number of ether oxygens (including phenoxy) is 1. The summed E-state index contributed by atoms with van der Waals surface area (Å²) in [5, 5.41) is 13.4. The molecule has 1 fully saturated rings. The predicted octanol–water partition coefficient (Wildman–Crippen LogP) is 2.46. The lowest BCUT2D eigenvalue weighted by Gasteiger charge is -2.06. The van der Waals surface area contributed by atoms with Crippen LogP contribution >= 0.6 is 0 Å². The Labute approximate surface area is 119 Å². The molecule has 108 valence electrons. The summed E-state index contributed by atoms with van der Waals surface area (Å²) in [6.45, 7) is 0.580. The number of rotatable bonds is 2. The zero-order valence-corrected chi connectivity index (χ0v) is 11.0. The molecule has 0 amide bonds. The molecule has 2 heterocycles. The average molecular weight is 290 g/mol. The van der Waals surface area contributed by atoms with Crippen LogP contribution < -0.4 is 5.73 Å². The number of anilines is 1. The predicted molar refractivity (Wildman–Crippen MR) is 70.5 cm³/mol. The number of aromatic nitrogens is 2. The first kappa shape index (κ1) is 13.5. The Morgan fingerprint density at radius 1 is 1.43 bits per heavy atom. The Morgan fingerprint density at radius 2 is 2.24 bits per heavy atom. The van der Waals surface area contributed by atoms with Crippen LogP contribution in [0.25, 0.3) is 5.69 Å². The first-order valence-corrected chi connectivity index (χ1v) is 6.47. The largest absolute Gasteiger partial charge is 0.382 e. The third-order valence-electron chi connectivity index (χ3n) is 3.43. The molecule has 0 saturated carbocycles. The van der Waals surface area contributed by atoms with Gasteiger partial charge in [0.25, 0.3) is 0 Å². The van der Waals surface area contributed by atoms with E-state index in [2.05, 4.69) is 5.10 Å². The van der Waals surface area contributed by atoms with E-state index in [-0.39, 0.29) is 23.2 Å². The van der Waals surface area contributed by atoms with Gasteiger partial charge in [-0.3, -0.25) is 0 Å². The molecule has 21 heavy (non-hydrogen) atoms. The zero-order chi connectivity index (χ0) is 15.0.